The van der Waals surface area contributed by atoms with Gasteiger partial charge in [-0.15, -0.1) is 0 Å². The Labute approximate surface area is 280 Å². The highest BCUT2D eigenvalue weighted by atomic mass is 32.2. The van der Waals surface area contributed by atoms with Gasteiger partial charge in [-0.1, -0.05) is 41.5 Å². The quantitative estimate of drug-likeness (QED) is 0.226. The normalized spacial score (nSPS) is 30.0. The molecule has 0 saturated heterocycles. The Morgan fingerprint density at radius 3 is 0.955 bits per heavy atom. The highest BCUT2D eigenvalue weighted by Crippen LogP contribution is 2.41. The fraction of sp³-hybridized carbons (Fsp3) is 1.00. The lowest BCUT2D eigenvalue weighted by molar-refractivity contribution is -0.0442. The van der Waals surface area contributed by atoms with E-state index in [-0.39, 0.29) is 34.5 Å². The van der Waals surface area contributed by atoms with Crippen molar-refractivity contribution in [1.82, 2.24) is 0 Å². The highest BCUT2D eigenvalue weighted by molar-refractivity contribution is 7.80. The number of hydrogen-bond donors (Lipinski definition) is 0. The third-order valence-electron chi connectivity index (χ3n) is 8.94. The maximum atomic E-state index is 11.6. The van der Waals surface area contributed by atoms with Crippen molar-refractivity contribution < 1.29 is 42.4 Å². The molecule has 264 valence electrons. The predicted octanol–water partition coefficient (Wildman–Crippen LogP) is 5.84. The van der Waals surface area contributed by atoms with Crippen LogP contribution in [0.3, 0.4) is 0 Å². The van der Waals surface area contributed by atoms with Crippen LogP contribution < -0.4 is 0 Å². The van der Waals surface area contributed by atoms with Crippen molar-refractivity contribution in [3.05, 3.63) is 0 Å². The van der Waals surface area contributed by atoms with Crippen LogP contribution >= 0.6 is 0 Å². The average Bonchev–Trinajstić information content (AvgIpc) is 2.80. The van der Waals surface area contributed by atoms with E-state index in [1.807, 2.05) is 0 Å². The second-order valence-corrected chi connectivity index (χ2v) is 28.2. The van der Waals surface area contributed by atoms with Crippen LogP contribution in [0.15, 0.2) is 0 Å². The lowest BCUT2D eigenvalue weighted by Crippen LogP contribution is -2.53. The summed E-state index contributed by atoms with van der Waals surface area (Å²) in [5.41, 5.74) is 0. The number of rotatable bonds is 12. The third kappa shape index (κ3) is 14.1. The smallest absolute Gasteiger partial charge is 0.192 e. The summed E-state index contributed by atoms with van der Waals surface area (Å²) >= 11 is -5.58. The van der Waals surface area contributed by atoms with E-state index >= 15 is 0 Å². The monoisotopic (exact) mass is 740 g/mol. The minimum absolute atomic E-state index is 0.0876. The summed E-state index contributed by atoms with van der Waals surface area (Å²) < 4.78 is 81.0. The number of hydrogen-bond acceptors (Lipinski definition) is 10. The molecule has 2 aliphatic carbocycles. The maximum absolute atomic E-state index is 11.6. The van der Waals surface area contributed by atoms with Gasteiger partial charge in [-0.3, -0.25) is 16.7 Å². The summed E-state index contributed by atoms with van der Waals surface area (Å²) in [7, 11) is -3.93. The maximum Gasteiger partial charge on any atom is 0.192 e. The molecule has 16 heteroatoms. The van der Waals surface area contributed by atoms with Crippen molar-refractivity contribution in [2.45, 2.75) is 153 Å². The van der Waals surface area contributed by atoms with Gasteiger partial charge in [0.1, 0.15) is 24.4 Å². The van der Waals surface area contributed by atoms with Gasteiger partial charge in [0, 0.05) is 25.0 Å². The fourth-order valence-electron chi connectivity index (χ4n) is 4.65. The first-order valence-corrected chi connectivity index (χ1v) is 27.0. The van der Waals surface area contributed by atoms with Crippen LogP contribution in [-0.2, 0) is 69.9 Å². The van der Waals surface area contributed by atoms with E-state index in [0.717, 1.165) is 38.5 Å². The molecule has 0 spiro atoms. The molecule has 0 aromatic heterocycles. The topological polar surface area (TPSA) is 124 Å². The summed E-state index contributed by atoms with van der Waals surface area (Å²) in [5.74, 6) is 0. The molecular formula is C28H60O10S4Si2. The van der Waals surface area contributed by atoms with Gasteiger partial charge in [-0.05, 0) is 74.8 Å². The van der Waals surface area contributed by atoms with E-state index in [9.17, 15) is 16.8 Å². The standard InChI is InChI=1S/2C14H30O5S2Si/c2*1-14(2,3)22(6,7)19-12-10-8-9-11(17-20(4)15)13(12)18-21(5)16/h2*11-13H,8-10H2,1-7H3/t2*11-,12-,13-,20?,21?/m10/s1. The minimum Gasteiger partial charge on any atom is -0.411 e. The summed E-state index contributed by atoms with van der Waals surface area (Å²) in [6.07, 6.45) is 9.19. The van der Waals surface area contributed by atoms with Gasteiger partial charge in [0.05, 0.1) is 12.2 Å². The van der Waals surface area contributed by atoms with Crippen molar-refractivity contribution in [1.29, 1.82) is 0 Å². The molecule has 0 N–H and O–H groups in total. The first-order valence-electron chi connectivity index (χ1n) is 15.3. The van der Waals surface area contributed by atoms with E-state index in [4.69, 9.17) is 25.6 Å². The van der Waals surface area contributed by atoms with Crippen molar-refractivity contribution in [3.63, 3.8) is 0 Å². The fourth-order valence-corrected chi connectivity index (χ4v) is 9.61. The summed E-state index contributed by atoms with van der Waals surface area (Å²) in [6, 6.07) is 0. The van der Waals surface area contributed by atoms with Gasteiger partial charge in [0.2, 0.25) is 0 Å². The lowest BCUT2D eigenvalue weighted by atomic mass is 9.92. The van der Waals surface area contributed by atoms with E-state index in [2.05, 4.69) is 67.7 Å². The van der Waals surface area contributed by atoms with Crippen LogP contribution in [0, 0.1) is 0 Å². The molecule has 2 rings (SSSR count). The molecule has 10 nitrogen and oxygen atoms in total. The molecular weight excluding hydrogens is 681 g/mol. The van der Waals surface area contributed by atoms with Gasteiger partial charge in [-0.2, -0.15) is 0 Å². The van der Waals surface area contributed by atoms with Gasteiger partial charge >= 0.3 is 0 Å². The Morgan fingerprint density at radius 2 is 0.727 bits per heavy atom. The van der Waals surface area contributed by atoms with Crippen molar-refractivity contribution >= 4 is 61.0 Å². The molecule has 2 saturated carbocycles. The van der Waals surface area contributed by atoms with Gasteiger partial charge in [0.25, 0.3) is 0 Å². The van der Waals surface area contributed by atoms with Crippen LogP contribution in [0.4, 0.5) is 0 Å². The van der Waals surface area contributed by atoms with E-state index in [1.165, 1.54) is 25.0 Å². The molecule has 2 fully saturated rings. The molecule has 0 radical (unpaired) electrons. The molecule has 0 bridgehead atoms. The van der Waals surface area contributed by atoms with Crippen molar-refractivity contribution in [2.75, 3.05) is 25.0 Å². The zero-order valence-corrected chi connectivity index (χ0v) is 34.7. The molecule has 44 heavy (non-hydrogen) atoms. The first-order chi connectivity index (χ1) is 19.9. The molecule has 0 amide bonds. The lowest BCUT2D eigenvalue weighted by Gasteiger charge is -2.44. The minimum atomic E-state index is -1.97. The van der Waals surface area contributed by atoms with E-state index in [1.54, 1.807) is 0 Å². The highest BCUT2D eigenvalue weighted by Gasteiger charge is 2.46. The molecule has 0 aromatic carbocycles. The van der Waals surface area contributed by atoms with E-state index in [0.29, 0.717) is 0 Å². The summed E-state index contributed by atoms with van der Waals surface area (Å²) in [6.45, 7) is 21.9. The molecule has 4 unspecified atom stereocenters. The Kier molecular flexibility index (Phi) is 17.5. The van der Waals surface area contributed by atoms with Crippen molar-refractivity contribution in [3.8, 4) is 0 Å². The van der Waals surface area contributed by atoms with Crippen LogP contribution in [0.1, 0.15) is 80.1 Å². The van der Waals surface area contributed by atoms with Gasteiger partial charge in [-0.25, -0.2) is 16.8 Å². The molecule has 0 aromatic rings. The Balaban J connectivity index is 0.000000440. The Bertz CT molecular complexity index is 922. The molecule has 2 aliphatic rings. The van der Waals surface area contributed by atoms with Gasteiger partial charge < -0.3 is 8.85 Å². The molecule has 0 heterocycles. The van der Waals surface area contributed by atoms with Crippen LogP contribution in [-0.4, -0.2) is 95.1 Å². The summed E-state index contributed by atoms with van der Waals surface area (Å²) in [5, 5.41) is 0.175. The van der Waals surface area contributed by atoms with Crippen molar-refractivity contribution in [2.24, 2.45) is 0 Å². The first kappa shape index (κ1) is 42.8. The summed E-state index contributed by atoms with van der Waals surface area (Å²) in [4.78, 5) is 0. The molecule has 0 aliphatic heterocycles. The third-order valence-corrected chi connectivity index (χ3v) is 20.0. The van der Waals surface area contributed by atoms with Crippen LogP contribution in [0.25, 0.3) is 0 Å². The second kappa shape index (κ2) is 18.0. The van der Waals surface area contributed by atoms with Crippen LogP contribution in [0.2, 0.25) is 36.3 Å². The molecule has 10 atom stereocenters. The zero-order chi connectivity index (χ0) is 34.3. The largest absolute Gasteiger partial charge is 0.411 e. The Hall–Kier alpha value is 0.794. The average molecular weight is 741 g/mol. The predicted molar refractivity (Wildman–Crippen MR) is 188 cm³/mol. The second-order valence-electron chi connectivity index (χ2n) is 14.7. The van der Waals surface area contributed by atoms with E-state index < -0.39 is 73.2 Å². The SMILES string of the molecule is CS(=O)O[C@@H]1[C@H](OS(C)=O)CCC[C@H]1O[Si](C)(C)C(C)(C)C.CS(=O)O[C@H]1[C@@H](OS(C)=O)CCC[C@@H]1O[Si](C)(C)C(C)(C)C. The Morgan fingerprint density at radius 1 is 0.477 bits per heavy atom. The van der Waals surface area contributed by atoms with Gasteiger partial charge in [0.15, 0.2) is 61.0 Å². The zero-order valence-electron chi connectivity index (χ0n) is 29.4. The van der Waals surface area contributed by atoms with Crippen LogP contribution in [0.5, 0.6) is 0 Å².